The van der Waals surface area contributed by atoms with Crippen LogP contribution in [-0.2, 0) is 11.8 Å². The summed E-state index contributed by atoms with van der Waals surface area (Å²) in [6, 6.07) is 1.70. The van der Waals surface area contributed by atoms with Gasteiger partial charge in [-0.25, -0.2) is 4.98 Å². The molecule has 1 spiro atoms. The molecular formula is C27H33N5O6. The molecule has 11 heteroatoms. The van der Waals surface area contributed by atoms with Crippen molar-refractivity contribution in [1.29, 1.82) is 0 Å². The molecule has 38 heavy (non-hydrogen) atoms. The Hall–Kier alpha value is -3.28. The molecule has 4 heterocycles. The molecule has 0 bridgehead atoms. The van der Waals surface area contributed by atoms with Crippen LogP contribution < -0.4 is 16.7 Å². The van der Waals surface area contributed by atoms with Gasteiger partial charge in [-0.2, -0.15) is 9.98 Å². The van der Waals surface area contributed by atoms with Crippen LogP contribution in [0.2, 0.25) is 0 Å². The average molecular weight is 524 g/mol. The van der Waals surface area contributed by atoms with Gasteiger partial charge in [-0.3, -0.25) is 4.79 Å². The number of aliphatic imine (C=N–C) groups is 1. The Labute approximate surface area is 219 Å². The van der Waals surface area contributed by atoms with E-state index >= 15 is 0 Å². The number of nitrogens with zero attached hydrogens (tertiary/aromatic N) is 4. The van der Waals surface area contributed by atoms with Gasteiger partial charge in [0, 0.05) is 24.5 Å². The van der Waals surface area contributed by atoms with Gasteiger partial charge in [-0.1, -0.05) is 26.0 Å². The molecular weight excluding hydrogens is 490 g/mol. The summed E-state index contributed by atoms with van der Waals surface area (Å²) < 4.78 is 13.2. The Balaban J connectivity index is 1.33. The number of fused-ring (bicyclic) bond motifs is 2. The van der Waals surface area contributed by atoms with Crippen molar-refractivity contribution < 1.29 is 29.3 Å². The van der Waals surface area contributed by atoms with E-state index in [1.165, 1.54) is 0 Å². The number of hydrogen-bond acceptors (Lipinski definition) is 9. The number of amides is 1. The molecule has 6 rings (SSSR count). The molecule has 1 amide bonds. The van der Waals surface area contributed by atoms with Crippen LogP contribution in [0, 0.1) is 22.7 Å². The minimum atomic E-state index is -0.569. The second kappa shape index (κ2) is 8.36. The predicted octanol–water partition coefficient (Wildman–Crippen LogP) is 0.604. The first-order valence-electron chi connectivity index (χ1n) is 13.0. The lowest BCUT2D eigenvalue weighted by Gasteiger charge is -2.60. The van der Waals surface area contributed by atoms with E-state index in [0.29, 0.717) is 35.3 Å². The first-order valence-corrected chi connectivity index (χ1v) is 13.0. The number of hydrogen-bond donors (Lipinski definition) is 4. The summed E-state index contributed by atoms with van der Waals surface area (Å²) in [6.07, 6.45) is 8.23. The Kier molecular flexibility index (Phi) is 5.50. The van der Waals surface area contributed by atoms with Crippen molar-refractivity contribution in [1.82, 2.24) is 9.55 Å². The maximum Gasteiger partial charge on any atom is 0.302 e. The van der Waals surface area contributed by atoms with E-state index in [-0.39, 0.29) is 47.1 Å². The number of carbonyl (C=O) groups is 1. The third-order valence-corrected chi connectivity index (χ3v) is 9.54. The maximum absolute atomic E-state index is 12.1. The summed E-state index contributed by atoms with van der Waals surface area (Å²) in [7, 11) is 1.70. The highest BCUT2D eigenvalue weighted by atomic mass is 16.6. The molecule has 202 valence electrons. The molecule has 11 nitrogen and oxygen atoms in total. The number of guanidine groups is 1. The Morgan fingerprint density at radius 3 is 2.74 bits per heavy atom. The van der Waals surface area contributed by atoms with E-state index < -0.39 is 17.4 Å². The molecule has 3 fully saturated rings. The normalized spacial score (nSPS) is 36.8. The van der Waals surface area contributed by atoms with Crippen molar-refractivity contribution in [3.05, 3.63) is 40.1 Å². The van der Waals surface area contributed by atoms with Crippen molar-refractivity contribution in [2.75, 3.05) is 13.2 Å². The van der Waals surface area contributed by atoms with Crippen LogP contribution in [0.25, 0.3) is 12.2 Å². The van der Waals surface area contributed by atoms with Crippen LogP contribution in [0.4, 0.5) is 0 Å². The average Bonchev–Trinajstić information content (AvgIpc) is 3.46. The number of nitrogens with two attached hydrogens (primary N) is 1. The fourth-order valence-electron chi connectivity index (χ4n) is 7.27. The quantitative estimate of drug-likeness (QED) is 0.422. The van der Waals surface area contributed by atoms with Crippen LogP contribution in [0.5, 0.6) is 5.95 Å². The monoisotopic (exact) mass is 523 g/mol. The van der Waals surface area contributed by atoms with E-state index in [2.05, 4.69) is 28.0 Å². The van der Waals surface area contributed by atoms with Crippen LogP contribution in [0.15, 0.2) is 26.5 Å². The lowest BCUT2D eigenvalue weighted by Crippen LogP contribution is -2.60. The van der Waals surface area contributed by atoms with Crippen molar-refractivity contribution >= 4 is 24.0 Å². The largest absolute Gasteiger partial charge is 0.480 e. The van der Waals surface area contributed by atoms with Crippen molar-refractivity contribution in [3.63, 3.8) is 0 Å². The summed E-state index contributed by atoms with van der Waals surface area (Å²) >= 11 is 0. The second-order valence-corrected chi connectivity index (χ2v) is 11.6. The minimum Gasteiger partial charge on any atom is -0.480 e. The third kappa shape index (κ3) is 3.59. The van der Waals surface area contributed by atoms with Gasteiger partial charge in [0.05, 0.1) is 30.5 Å². The van der Waals surface area contributed by atoms with E-state index in [1.54, 1.807) is 23.8 Å². The molecule has 2 aliphatic heterocycles. The Morgan fingerprint density at radius 2 is 2.03 bits per heavy atom. The maximum atomic E-state index is 12.1. The first-order chi connectivity index (χ1) is 18.0. The van der Waals surface area contributed by atoms with Gasteiger partial charge in [-0.15, -0.1) is 0 Å². The fraction of sp³-hybridized carbons (Fsp3) is 0.556. The standard InChI is InChI=1S/C27H33N5O6/c1-25-8-7-18(34)26(2,12-33)16(25)6-9-27(13-37-27)17(25)5-4-14-10-15(38-23(14)36)11-19-29-20-21(32(19)3)30-24(28)31-22(20)35/h4-5,10-11,16-18,33-34,36H,6-9,12-13H2,1-3H3,(H2,28,31,35)/t16?,17?,18-,25+,26+,27?/m1/s1. The van der Waals surface area contributed by atoms with Crippen LogP contribution in [-0.4, -0.2) is 61.7 Å². The summed E-state index contributed by atoms with van der Waals surface area (Å²) in [5.74, 6) is -0.376. The van der Waals surface area contributed by atoms with Crippen LogP contribution >= 0.6 is 0 Å². The molecule has 0 aromatic carbocycles. The number of aliphatic hydroxyl groups is 2. The van der Waals surface area contributed by atoms with Crippen molar-refractivity contribution in [2.45, 2.75) is 51.2 Å². The molecule has 1 saturated heterocycles. The number of aliphatic hydroxyl groups excluding tert-OH is 2. The Bertz CT molecular complexity index is 1500. The second-order valence-electron chi connectivity index (χ2n) is 11.6. The van der Waals surface area contributed by atoms with Crippen LogP contribution in [0.3, 0.4) is 0 Å². The van der Waals surface area contributed by atoms with E-state index in [9.17, 15) is 20.1 Å². The summed E-state index contributed by atoms with van der Waals surface area (Å²) in [4.78, 5) is 24.2. The molecule has 3 unspecified atom stereocenters. The van der Waals surface area contributed by atoms with Crippen LogP contribution in [0.1, 0.15) is 61.3 Å². The molecule has 5 N–H and O–H groups in total. The van der Waals surface area contributed by atoms with E-state index in [0.717, 1.165) is 19.3 Å². The van der Waals surface area contributed by atoms with Gasteiger partial charge < -0.3 is 34.8 Å². The first kappa shape index (κ1) is 25.0. The van der Waals surface area contributed by atoms with Gasteiger partial charge in [0.15, 0.2) is 11.2 Å². The van der Waals surface area contributed by atoms with E-state index in [4.69, 9.17) is 14.9 Å². The third-order valence-electron chi connectivity index (χ3n) is 9.54. The lowest BCUT2D eigenvalue weighted by atomic mass is 9.45. The van der Waals surface area contributed by atoms with E-state index in [1.807, 2.05) is 13.0 Å². The molecule has 2 saturated carbocycles. The molecule has 0 radical (unpaired) electrons. The predicted molar refractivity (Wildman–Crippen MR) is 136 cm³/mol. The number of epoxide rings is 1. The summed E-state index contributed by atoms with van der Waals surface area (Å²) in [6.45, 7) is 4.86. The lowest BCUT2D eigenvalue weighted by molar-refractivity contribution is -0.166. The Morgan fingerprint density at radius 1 is 1.26 bits per heavy atom. The number of imidazole rings is 1. The summed E-state index contributed by atoms with van der Waals surface area (Å²) in [5.41, 5.74) is 5.93. The molecule has 6 atom stereocenters. The number of furan rings is 1. The summed E-state index contributed by atoms with van der Waals surface area (Å²) in [5, 5.41) is 31.6. The highest BCUT2D eigenvalue weighted by Gasteiger charge is 2.66. The van der Waals surface area contributed by atoms with Gasteiger partial charge >= 0.3 is 5.91 Å². The molecule has 2 aliphatic carbocycles. The van der Waals surface area contributed by atoms with Gasteiger partial charge in [-0.05, 0) is 43.1 Å². The SMILES string of the molecule is Cn1c(=Cc2cc(C=CC3C4(CCC5[C@]3(C)CC[C@@H](O)[C@@]5(C)CO)CO4)c(O)o2)nc2c1=NC(N)=NC2=O. The molecule has 4 aliphatic rings. The minimum absolute atomic E-state index is 0.0493. The smallest absolute Gasteiger partial charge is 0.302 e. The number of ether oxygens (including phenoxy) is 1. The number of rotatable bonds is 4. The zero-order valence-electron chi connectivity index (χ0n) is 21.7. The number of carbonyl (C=O) groups excluding carboxylic acids is 1. The van der Waals surface area contributed by atoms with Gasteiger partial charge in [0.25, 0.3) is 5.95 Å². The van der Waals surface area contributed by atoms with Crippen molar-refractivity contribution in [3.8, 4) is 5.95 Å². The van der Waals surface area contributed by atoms with Gasteiger partial charge in [0.1, 0.15) is 11.2 Å². The molecule has 2 aromatic rings. The zero-order valence-corrected chi connectivity index (χ0v) is 21.7. The van der Waals surface area contributed by atoms with Crippen molar-refractivity contribution in [2.24, 2.45) is 45.4 Å². The number of aromatic hydroxyl groups is 1. The highest BCUT2D eigenvalue weighted by Crippen LogP contribution is 2.65. The molecule has 2 aromatic heterocycles. The number of aromatic nitrogens is 2. The van der Waals surface area contributed by atoms with Gasteiger partial charge in [0.2, 0.25) is 5.96 Å². The zero-order chi connectivity index (χ0) is 27.0. The fourth-order valence-corrected chi connectivity index (χ4v) is 7.27. The highest BCUT2D eigenvalue weighted by molar-refractivity contribution is 6.03. The topological polar surface area (TPSA) is 172 Å².